The fourth-order valence-corrected chi connectivity index (χ4v) is 3.04. The third kappa shape index (κ3) is 6.61. The summed E-state index contributed by atoms with van der Waals surface area (Å²) < 4.78 is 5.85. The molecule has 0 unspecified atom stereocenters. The van der Waals surface area contributed by atoms with Crippen LogP contribution in [0.5, 0.6) is 0 Å². The first-order chi connectivity index (χ1) is 9.38. The normalized spacial score (nSPS) is 20.9. The van der Waals surface area contributed by atoms with E-state index in [1.165, 1.54) is 51.4 Å². The first kappa shape index (κ1) is 18.0. The molecule has 0 amide bonds. The minimum atomic E-state index is 0. The van der Waals surface area contributed by atoms with Crippen molar-refractivity contribution >= 4 is 29.9 Å². The van der Waals surface area contributed by atoms with E-state index < -0.39 is 0 Å². The van der Waals surface area contributed by atoms with E-state index in [2.05, 4.69) is 15.6 Å². The summed E-state index contributed by atoms with van der Waals surface area (Å²) in [5, 5.41) is 6.88. The molecular weight excluding hydrogens is 365 g/mol. The van der Waals surface area contributed by atoms with Gasteiger partial charge in [-0.25, -0.2) is 0 Å². The van der Waals surface area contributed by atoms with Crippen molar-refractivity contribution in [2.24, 2.45) is 4.99 Å². The van der Waals surface area contributed by atoms with Crippen molar-refractivity contribution in [2.75, 3.05) is 20.2 Å². The van der Waals surface area contributed by atoms with Crippen molar-refractivity contribution in [3.8, 4) is 0 Å². The number of guanidine groups is 1. The Morgan fingerprint density at radius 3 is 2.40 bits per heavy atom. The number of nitrogens with zero attached hydrogens (tertiary/aromatic N) is 1. The fourth-order valence-electron chi connectivity index (χ4n) is 3.04. The molecule has 2 N–H and O–H groups in total. The highest BCUT2D eigenvalue weighted by Crippen LogP contribution is 2.20. The summed E-state index contributed by atoms with van der Waals surface area (Å²) in [4.78, 5) is 4.28. The highest BCUT2D eigenvalue weighted by atomic mass is 127. The van der Waals surface area contributed by atoms with Crippen LogP contribution in [-0.2, 0) is 4.74 Å². The molecule has 20 heavy (non-hydrogen) atoms. The maximum absolute atomic E-state index is 5.85. The van der Waals surface area contributed by atoms with Gasteiger partial charge in [-0.2, -0.15) is 0 Å². The van der Waals surface area contributed by atoms with Crippen LogP contribution in [0.4, 0.5) is 0 Å². The summed E-state index contributed by atoms with van der Waals surface area (Å²) in [6.45, 7) is 1.82. The lowest BCUT2D eigenvalue weighted by molar-refractivity contribution is 0.0574. The molecule has 0 aliphatic heterocycles. The number of aliphatic imine (C=N–C) groups is 1. The second kappa shape index (κ2) is 10.7. The Hall–Kier alpha value is -0.0400. The molecule has 2 rings (SSSR count). The molecule has 0 aromatic heterocycles. The van der Waals surface area contributed by atoms with Gasteiger partial charge in [-0.3, -0.25) is 4.99 Å². The maximum Gasteiger partial charge on any atom is 0.191 e. The average molecular weight is 395 g/mol. The fraction of sp³-hybridized carbons (Fsp3) is 0.933. The minimum absolute atomic E-state index is 0. The van der Waals surface area contributed by atoms with Crippen LogP contribution in [0, 0.1) is 0 Å². The van der Waals surface area contributed by atoms with E-state index in [0.717, 1.165) is 25.5 Å². The van der Waals surface area contributed by atoms with Crippen molar-refractivity contribution in [2.45, 2.75) is 69.9 Å². The highest BCUT2D eigenvalue weighted by Gasteiger charge is 2.16. The van der Waals surface area contributed by atoms with Gasteiger partial charge in [0.2, 0.25) is 0 Å². The Morgan fingerprint density at radius 2 is 1.75 bits per heavy atom. The summed E-state index contributed by atoms with van der Waals surface area (Å²) in [6.07, 6.45) is 12.1. The van der Waals surface area contributed by atoms with E-state index in [4.69, 9.17) is 4.74 Å². The molecule has 0 bridgehead atoms. The number of nitrogens with one attached hydrogen (secondary N) is 2. The minimum Gasteiger partial charge on any atom is -0.378 e. The zero-order valence-electron chi connectivity index (χ0n) is 12.7. The molecule has 0 atom stereocenters. The lowest BCUT2D eigenvalue weighted by Gasteiger charge is -2.17. The van der Waals surface area contributed by atoms with Crippen molar-refractivity contribution in [1.29, 1.82) is 0 Å². The van der Waals surface area contributed by atoms with Crippen molar-refractivity contribution in [1.82, 2.24) is 10.6 Å². The Labute approximate surface area is 140 Å². The maximum atomic E-state index is 5.85. The lowest BCUT2D eigenvalue weighted by atomic mass is 10.2. The molecule has 2 fully saturated rings. The van der Waals surface area contributed by atoms with Gasteiger partial charge in [0.05, 0.1) is 6.10 Å². The largest absolute Gasteiger partial charge is 0.378 e. The summed E-state index contributed by atoms with van der Waals surface area (Å²) >= 11 is 0. The Balaban J connectivity index is 0.00000200. The van der Waals surface area contributed by atoms with Crippen LogP contribution in [0.2, 0.25) is 0 Å². The van der Waals surface area contributed by atoms with Gasteiger partial charge < -0.3 is 15.4 Å². The smallest absolute Gasteiger partial charge is 0.191 e. The topological polar surface area (TPSA) is 45.7 Å². The van der Waals surface area contributed by atoms with Crippen LogP contribution in [0.3, 0.4) is 0 Å². The summed E-state index contributed by atoms with van der Waals surface area (Å²) in [6, 6.07) is 0.626. The summed E-state index contributed by atoms with van der Waals surface area (Å²) in [7, 11) is 1.85. The molecule has 118 valence electrons. The zero-order chi connectivity index (χ0) is 13.3. The number of hydrogen-bond donors (Lipinski definition) is 2. The van der Waals surface area contributed by atoms with Crippen LogP contribution < -0.4 is 10.6 Å². The third-order valence-corrected chi connectivity index (χ3v) is 4.19. The Bertz CT molecular complexity index is 274. The molecule has 4 nitrogen and oxygen atoms in total. The molecular formula is C15H30IN3O. The van der Waals surface area contributed by atoms with Gasteiger partial charge >= 0.3 is 0 Å². The van der Waals surface area contributed by atoms with Gasteiger partial charge in [-0.05, 0) is 32.1 Å². The van der Waals surface area contributed by atoms with Crippen LogP contribution in [0.15, 0.2) is 4.99 Å². The van der Waals surface area contributed by atoms with E-state index in [-0.39, 0.29) is 24.0 Å². The Morgan fingerprint density at radius 1 is 1.10 bits per heavy atom. The molecule has 0 saturated heterocycles. The Kier molecular flexibility index (Phi) is 9.59. The quantitative estimate of drug-likeness (QED) is 0.315. The number of hydrogen-bond acceptors (Lipinski definition) is 2. The van der Waals surface area contributed by atoms with Gasteiger partial charge in [0.25, 0.3) is 0 Å². The number of halogens is 1. The van der Waals surface area contributed by atoms with Crippen LogP contribution >= 0.6 is 24.0 Å². The van der Waals surface area contributed by atoms with Gasteiger partial charge in [0.1, 0.15) is 0 Å². The van der Waals surface area contributed by atoms with Gasteiger partial charge in [-0.1, -0.05) is 25.7 Å². The second-order valence-electron chi connectivity index (χ2n) is 5.76. The standard InChI is InChI=1S/C15H29N3O.HI/c1-16-15(18-13-7-2-3-8-13)17-11-6-12-19-14-9-4-5-10-14;/h13-14H,2-12H2,1H3,(H2,16,17,18);1H. The van der Waals surface area contributed by atoms with Crippen molar-refractivity contribution < 1.29 is 4.74 Å². The molecule has 0 aromatic carbocycles. The monoisotopic (exact) mass is 395 g/mol. The summed E-state index contributed by atoms with van der Waals surface area (Å²) in [5.41, 5.74) is 0. The van der Waals surface area contributed by atoms with Crippen molar-refractivity contribution in [3.63, 3.8) is 0 Å². The molecule has 2 saturated carbocycles. The lowest BCUT2D eigenvalue weighted by Crippen LogP contribution is -2.42. The molecule has 0 spiro atoms. The summed E-state index contributed by atoms with van der Waals surface area (Å²) in [5.74, 6) is 0.952. The molecule has 2 aliphatic carbocycles. The third-order valence-electron chi connectivity index (χ3n) is 4.19. The van der Waals surface area contributed by atoms with Crippen molar-refractivity contribution in [3.05, 3.63) is 0 Å². The average Bonchev–Trinajstić information content (AvgIpc) is 3.10. The first-order valence-corrected chi connectivity index (χ1v) is 7.97. The van der Waals surface area contributed by atoms with E-state index >= 15 is 0 Å². The number of ether oxygens (including phenoxy) is 1. The number of rotatable bonds is 6. The molecule has 0 radical (unpaired) electrons. The molecule has 0 aromatic rings. The van der Waals surface area contributed by atoms with Gasteiger partial charge in [-0.15, -0.1) is 24.0 Å². The highest BCUT2D eigenvalue weighted by molar-refractivity contribution is 14.0. The first-order valence-electron chi connectivity index (χ1n) is 7.97. The van der Waals surface area contributed by atoms with E-state index in [0.29, 0.717) is 12.1 Å². The predicted molar refractivity (Wildman–Crippen MR) is 95.0 cm³/mol. The van der Waals surface area contributed by atoms with Crippen LogP contribution in [0.1, 0.15) is 57.8 Å². The molecule has 5 heteroatoms. The van der Waals surface area contributed by atoms with Crippen LogP contribution in [0.25, 0.3) is 0 Å². The van der Waals surface area contributed by atoms with Gasteiger partial charge in [0, 0.05) is 26.2 Å². The van der Waals surface area contributed by atoms with E-state index in [9.17, 15) is 0 Å². The molecule has 2 aliphatic rings. The molecule has 0 heterocycles. The van der Waals surface area contributed by atoms with Gasteiger partial charge in [0.15, 0.2) is 5.96 Å². The van der Waals surface area contributed by atoms with E-state index in [1.54, 1.807) is 0 Å². The second-order valence-corrected chi connectivity index (χ2v) is 5.76. The van der Waals surface area contributed by atoms with E-state index in [1.807, 2.05) is 7.05 Å². The van der Waals surface area contributed by atoms with Crippen LogP contribution in [-0.4, -0.2) is 38.3 Å². The SMILES string of the molecule is CN=C(NCCCOC1CCCC1)NC1CCCC1.I. The predicted octanol–water partition coefficient (Wildman–Crippen LogP) is 3.06. The zero-order valence-corrected chi connectivity index (χ0v) is 15.0.